The van der Waals surface area contributed by atoms with Gasteiger partial charge in [0, 0.05) is 23.7 Å². The fraction of sp³-hybridized carbons (Fsp3) is 0.227. The van der Waals surface area contributed by atoms with Gasteiger partial charge in [0.2, 0.25) is 17.4 Å². The van der Waals surface area contributed by atoms with E-state index >= 15 is 4.39 Å². The number of carbonyl (C=O) groups is 2. The van der Waals surface area contributed by atoms with Crippen molar-refractivity contribution in [3.8, 4) is 23.0 Å². The van der Waals surface area contributed by atoms with Crippen molar-refractivity contribution in [2.24, 2.45) is 5.73 Å². The number of benzene rings is 2. The van der Waals surface area contributed by atoms with Gasteiger partial charge in [-0.3, -0.25) is 9.78 Å². The normalized spacial score (nSPS) is 12.9. The van der Waals surface area contributed by atoms with Crippen LogP contribution in [0.4, 0.5) is 23.7 Å². The van der Waals surface area contributed by atoms with E-state index in [0.717, 1.165) is 20.0 Å². The number of carbonyl (C=O) groups excluding carboxylic acids is 2. The number of amides is 3. The maximum atomic E-state index is 15.2. The molecule has 2 aromatic carbocycles. The predicted octanol–water partition coefficient (Wildman–Crippen LogP) is 3.84. The number of pyridine rings is 1. The highest BCUT2D eigenvalue weighted by molar-refractivity contribution is 6.01. The maximum Gasteiger partial charge on any atom is 0.319 e. The summed E-state index contributed by atoms with van der Waals surface area (Å²) in [5.41, 5.74) is 4.78. The molecule has 12 heteroatoms. The second-order valence-corrected chi connectivity index (χ2v) is 7.40. The molecule has 0 radical (unpaired) electrons. The lowest BCUT2D eigenvalue weighted by Gasteiger charge is -2.17. The summed E-state index contributed by atoms with van der Waals surface area (Å²) in [5, 5.41) is 4.74. The zero-order valence-electron chi connectivity index (χ0n) is 18.0. The van der Waals surface area contributed by atoms with Crippen LogP contribution in [0.15, 0.2) is 24.4 Å². The molecular weight excluding hydrogens is 457 g/mol. The molecule has 9 nitrogen and oxygen atoms in total. The van der Waals surface area contributed by atoms with E-state index in [9.17, 15) is 18.4 Å². The molecule has 0 unspecified atom stereocenters. The van der Waals surface area contributed by atoms with Gasteiger partial charge < -0.3 is 30.6 Å². The highest BCUT2D eigenvalue weighted by atomic mass is 19.2. The maximum absolute atomic E-state index is 15.2. The van der Waals surface area contributed by atoms with Crippen molar-refractivity contribution in [3.05, 3.63) is 47.4 Å². The summed E-state index contributed by atoms with van der Waals surface area (Å²) in [5.74, 6) is -7.40. The average molecular weight is 476 g/mol. The molecule has 1 aliphatic rings. The number of primary amides is 1. The number of halogens is 3. The van der Waals surface area contributed by atoms with Crippen LogP contribution in [0.3, 0.4) is 0 Å². The number of nitrogens with one attached hydrogen (secondary N) is 2. The monoisotopic (exact) mass is 476 g/mol. The number of rotatable bonds is 7. The number of hydrogen-bond acceptors (Lipinski definition) is 6. The number of methoxy groups -OCH3 is 2. The highest BCUT2D eigenvalue weighted by Crippen LogP contribution is 2.42. The fourth-order valence-electron chi connectivity index (χ4n) is 3.28. The first kappa shape index (κ1) is 23.0. The molecule has 4 N–H and O–H groups in total. The zero-order chi connectivity index (χ0) is 24.6. The Morgan fingerprint density at radius 2 is 1.76 bits per heavy atom. The Bertz CT molecular complexity index is 1310. The van der Waals surface area contributed by atoms with Gasteiger partial charge in [-0.05, 0) is 25.0 Å². The van der Waals surface area contributed by atoms with Crippen LogP contribution in [0.25, 0.3) is 10.9 Å². The van der Waals surface area contributed by atoms with Gasteiger partial charge in [-0.25, -0.2) is 9.18 Å². The number of aromatic nitrogens is 1. The molecule has 4 rings (SSSR count). The molecule has 1 aliphatic carbocycles. The molecule has 3 aromatic rings. The number of fused-ring (bicyclic) bond motifs is 1. The minimum absolute atomic E-state index is 0.0289. The van der Waals surface area contributed by atoms with Crippen LogP contribution in [0.2, 0.25) is 0 Å². The molecule has 178 valence electrons. The summed E-state index contributed by atoms with van der Waals surface area (Å²) in [6.07, 6.45) is 2.79. The zero-order valence-corrected chi connectivity index (χ0v) is 18.0. The summed E-state index contributed by atoms with van der Waals surface area (Å²) in [6.45, 7) is 0. The predicted molar refractivity (Wildman–Crippen MR) is 115 cm³/mol. The molecule has 34 heavy (non-hydrogen) atoms. The van der Waals surface area contributed by atoms with E-state index in [2.05, 4.69) is 15.6 Å². The topological polar surface area (TPSA) is 125 Å². The summed E-state index contributed by atoms with van der Waals surface area (Å²) >= 11 is 0. The standard InChI is InChI=1S/C22H19F3N4O5/c1-32-14-8-12-10(7-11(14)21(26)30)13(5-6-27-12)34-19-16(24)15(23)18(20(33-2)17(19)25)29-22(31)28-9-3-4-9/h5-9H,3-4H2,1-2H3,(H2,26,30)(H2,28,29,31). The lowest BCUT2D eigenvalue weighted by atomic mass is 10.1. The Labute approximate surface area is 191 Å². The molecule has 0 saturated heterocycles. The SMILES string of the molecule is COc1cc2nccc(Oc3c(F)c(F)c(NC(=O)NC4CC4)c(OC)c3F)c2cc1C(N)=O. The lowest BCUT2D eigenvalue weighted by molar-refractivity contribution is 0.0997. The van der Waals surface area contributed by atoms with Crippen LogP contribution in [-0.4, -0.2) is 37.2 Å². The van der Waals surface area contributed by atoms with Gasteiger partial charge in [0.25, 0.3) is 5.91 Å². The van der Waals surface area contributed by atoms with E-state index in [4.69, 9.17) is 19.9 Å². The smallest absolute Gasteiger partial charge is 0.319 e. The third-order valence-electron chi connectivity index (χ3n) is 5.09. The van der Waals surface area contributed by atoms with Crippen molar-refractivity contribution in [3.63, 3.8) is 0 Å². The van der Waals surface area contributed by atoms with E-state index in [1.54, 1.807) is 0 Å². The molecule has 0 bridgehead atoms. The Balaban J connectivity index is 1.78. The molecule has 1 fully saturated rings. The fourth-order valence-corrected chi connectivity index (χ4v) is 3.28. The van der Waals surface area contributed by atoms with Crippen molar-refractivity contribution in [2.75, 3.05) is 19.5 Å². The molecule has 1 aromatic heterocycles. The van der Waals surface area contributed by atoms with Gasteiger partial charge in [0.1, 0.15) is 17.2 Å². The number of nitrogens with zero attached hydrogens (tertiary/aromatic N) is 1. The second-order valence-electron chi connectivity index (χ2n) is 7.40. The van der Waals surface area contributed by atoms with Crippen LogP contribution in [0.1, 0.15) is 23.2 Å². The number of ether oxygens (including phenoxy) is 3. The van der Waals surface area contributed by atoms with Crippen molar-refractivity contribution in [1.82, 2.24) is 10.3 Å². The van der Waals surface area contributed by atoms with Gasteiger partial charge in [0.05, 0.1) is 25.3 Å². The molecule has 3 amide bonds. The van der Waals surface area contributed by atoms with Gasteiger partial charge in [-0.2, -0.15) is 8.78 Å². The van der Waals surface area contributed by atoms with Crippen molar-refractivity contribution >= 4 is 28.5 Å². The Morgan fingerprint density at radius 3 is 2.38 bits per heavy atom. The van der Waals surface area contributed by atoms with Crippen LogP contribution in [0.5, 0.6) is 23.0 Å². The first-order chi connectivity index (χ1) is 16.2. The van der Waals surface area contributed by atoms with E-state index in [-0.39, 0.29) is 34.0 Å². The molecule has 1 saturated carbocycles. The van der Waals surface area contributed by atoms with Gasteiger partial charge in [-0.15, -0.1) is 0 Å². The van der Waals surface area contributed by atoms with Crippen molar-refractivity contribution in [1.29, 1.82) is 0 Å². The Morgan fingerprint density at radius 1 is 1.03 bits per heavy atom. The van der Waals surface area contributed by atoms with Crippen LogP contribution in [0, 0.1) is 17.5 Å². The third kappa shape index (κ3) is 4.21. The molecule has 0 atom stereocenters. The number of hydrogen-bond donors (Lipinski definition) is 3. The first-order valence-corrected chi connectivity index (χ1v) is 10.0. The minimum Gasteiger partial charge on any atom is -0.496 e. The quantitative estimate of drug-likeness (QED) is 0.445. The van der Waals surface area contributed by atoms with E-state index in [1.807, 2.05) is 0 Å². The lowest BCUT2D eigenvalue weighted by Crippen LogP contribution is -2.31. The summed E-state index contributed by atoms with van der Waals surface area (Å²) in [7, 11) is 2.35. The summed E-state index contributed by atoms with van der Waals surface area (Å²) in [6, 6.07) is 3.02. The number of anilines is 1. The third-order valence-corrected chi connectivity index (χ3v) is 5.09. The minimum atomic E-state index is -1.70. The summed E-state index contributed by atoms with van der Waals surface area (Å²) < 4.78 is 60.3. The second kappa shape index (κ2) is 8.96. The average Bonchev–Trinajstić information content (AvgIpc) is 3.63. The van der Waals surface area contributed by atoms with Crippen LogP contribution < -0.4 is 30.6 Å². The Kier molecular flexibility index (Phi) is 6.05. The summed E-state index contributed by atoms with van der Waals surface area (Å²) in [4.78, 5) is 27.9. The van der Waals surface area contributed by atoms with Gasteiger partial charge in [-0.1, -0.05) is 0 Å². The van der Waals surface area contributed by atoms with Crippen molar-refractivity contribution < 1.29 is 37.0 Å². The largest absolute Gasteiger partial charge is 0.496 e. The van der Waals surface area contributed by atoms with E-state index in [1.165, 1.54) is 31.5 Å². The van der Waals surface area contributed by atoms with Crippen LogP contribution in [-0.2, 0) is 0 Å². The van der Waals surface area contributed by atoms with Gasteiger partial charge >= 0.3 is 6.03 Å². The first-order valence-electron chi connectivity index (χ1n) is 10.0. The number of nitrogens with two attached hydrogens (primary N) is 1. The molecular formula is C22H19F3N4O5. The Hall–Kier alpha value is -4.22. The molecule has 0 spiro atoms. The number of urea groups is 1. The molecule has 1 heterocycles. The molecule has 0 aliphatic heterocycles. The highest BCUT2D eigenvalue weighted by Gasteiger charge is 2.30. The van der Waals surface area contributed by atoms with Crippen molar-refractivity contribution in [2.45, 2.75) is 18.9 Å². The van der Waals surface area contributed by atoms with Gasteiger partial charge in [0.15, 0.2) is 11.6 Å². The van der Waals surface area contributed by atoms with E-state index < -0.39 is 46.6 Å². The van der Waals surface area contributed by atoms with E-state index in [0.29, 0.717) is 0 Å². The van der Waals surface area contributed by atoms with Crippen LogP contribution >= 0.6 is 0 Å².